The molecule has 0 aromatic carbocycles. The van der Waals surface area contributed by atoms with Gasteiger partial charge in [0.05, 0.1) is 34.0 Å². The van der Waals surface area contributed by atoms with Crippen molar-refractivity contribution < 1.29 is 18.5 Å². The monoisotopic (exact) mass is 393 g/mol. The van der Waals surface area contributed by atoms with Crippen molar-refractivity contribution in [2.75, 3.05) is 31.2 Å². The third kappa shape index (κ3) is 3.82. The second-order valence-electron chi connectivity index (χ2n) is 7.86. The summed E-state index contributed by atoms with van der Waals surface area (Å²) in [5, 5.41) is 0. The molecule has 1 N–H and O–H groups in total. The molecule has 1 aliphatic carbocycles. The molecule has 7 nitrogen and oxygen atoms in total. The van der Waals surface area contributed by atoms with E-state index in [1.54, 1.807) is 6.92 Å². The molecule has 1 spiro atoms. The molecule has 148 valence electrons. The Balaban J connectivity index is 1.46. The van der Waals surface area contributed by atoms with Gasteiger partial charge >= 0.3 is 0 Å². The Morgan fingerprint density at radius 3 is 2.78 bits per heavy atom. The SMILES string of the molecule is CCC(=O)N=S1(=O)CCC2(CC1)CN(C(=O)c1cc[nH]c1C1CC1)CCO2. The largest absolute Gasteiger partial charge is 0.371 e. The fourth-order valence-corrected chi connectivity index (χ4v) is 6.30. The van der Waals surface area contributed by atoms with Crippen LogP contribution in [0, 0.1) is 0 Å². The standard InChI is InChI=1S/C19H27N3O4S/c1-2-16(23)21-27(25)11-6-19(7-12-27)13-22(9-10-26-19)18(24)15-5-8-20-17(15)14-3-4-14/h5,8,14,20H,2-4,6-7,9-13H2,1H3. The minimum absolute atomic E-state index is 0.0537. The molecule has 3 heterocycles. The van der Waals surface area contributed by atoms with Crippen LogP contribution in [0.3, 0.4) is 0 Å². The summed E-state index contributed by atoms with van der Waals surface area (Å²) in [7, 11) is -2.48. The molecule has 0 unspecified atom stereocenters. The second-order valence-corrected chi connectivity index (χ2v) is 10.4. The Hall–Kier alpha value is -1.67. The average Bonchev–Trinajstić information content (AvgIpc) is 3.41. The first-order chi connectivity index (χ1) is 12.9. The Bertz CT molecular complexity index is 850. The highest BCUT2D eigenvalue weighted by molar-refractivity contribution is 7.93. The molecule has 2 saturated heterocycles. The topological polar surface area (TPSA) is 91.8 Å². The van der Waals surface area contributed by atoms with Gasteiger partial charge in [-0.1, -0.05) is 6.92 Å². The number of hydrogen-bond donors (Lipinski definition) is 1. The molecule has 27 heavy (non-hydrogen) atoms. The molecule has 4 rings (SSSR count). The van der Waals surface area contributed by atoms with Crippen LogP contribution in [-0.2, 0) is 19.3 Å². The molecular formula is C19H27N3O4S. The van der Waals surface area contributed by atoms with E-state index in [1.165, 1.54) is 0 Å². The zero-order valence-corrected chi connectivity index (χ0v) is 16.6. The first kappa shape index (κ1) is 18.7. The number of H-pyrrole nitrogens is 1. The lowest BCUT2D eigenvalue weighted by Crippen LogP contribution is -2.56. The summed E-state index contributed by atoms with van der Waals surface area (Å²) >= 11 is 0. The van der Waals surface area contributed by atoms with Crippen molar-refractivity contribution in [2.45, 2.75) is 50.5 Å². The molecular weight excluding hydrogens is 366 g/mol. The minimum Gasteiger partial charge on any atom is -0.371 e. The number of carbonyl (C=O) groups is 2. The number of aromatic nitrogens is 1. The van der Waals surface area contributed by atoms with Crippen molar-refractivity contribution in [3.05, 3.63) is 23.5 Å². The number of aromatic amines is 1. The summed E-state index contributed by atoms with van der Waals surface area (Å²) in [5.41, 5.74) is 1.37. The van der Waals surface area contributed by atoms with Crippen molar-refractivity contribution in [2.24, 2.45) is 4.36 Å². The van der Waals surface area contributed by atoms with Crippen molar-refractivity contribution in [3.8, 4) is 0 Å². The highest BCUT2D eigenvalue weighted by Crippen LogP contribution is 2.41. The molecule has 1 aromatic rings. The van der Waals surface area contributed by atoms with Gasteiger partial charge < -0.3 is 14.6 Å². The zero-order chi connectivity index (χ0) is 19.1. The van der Waals surface area contributed by atoms with Gasteiger partial charge in [-0.05, 0) is 37.7 Å². The van der Waals surface area contributed by atoms with Gasteiger partial charge in [-0.15, -0.1) is 0 Å². The van der Waals surface area contributed by atoms with Crippen LogP contribution in [0.15, 0.2) is 16.6 Å². The van der Waals surface area contributed by atoms with Crippen LogP contribution >= 0.6 is 0 Å². The van der Waals surface area contributed by atoms with E-state index in [0.29, 0.717) is 50.0 Å². The first-order valence-electron chi connectivity index (χ1n) is 9.79. The lowest BCUT2D eigenvalue weighted by atomic mass is 9.94. The molecule has 0 radical (unpaired) electrons. The van der Waals surface area contributed by atoms with Crippen molar-refractivity contribution in [1.82, 2.24) is 9.88 Å². The molecule has 0 atom stereocenters. The maximum absolute atomic E-state index is 13.1. The number of carbonyl (C=O) groups excluding carboxylic acids is 2. The molecule has 1 aromatic heterocycles. The molecule has 2 aliphatic heterocycles. The van der Waals surface area contributed by atoms with Crippen LogP contribution in [0.1, 0.15) is 61.0 Å². The Kier molecular flexibility index (Phi) is 4.88. The number of hydrogen-bond acceptors (Lipinski definition) is 4. The van der Waals surface area contributed by atoms with E-state index in [9.17, 15) is 13.8 Å². The number of nitrogens with zero attached hydrogens (tertiary/aromatic N) is 2. The summed E-state index contributed by atoms with van der Waals surface area (Å²) < 4.78 is 22.8. The Morgan fingerprint density at radius 2 is 2.11 bits per heavy atom. The van der Waals surface area contributed by atoms with Crippen LogP contribution in [0.25, 0.3) is 0 Å². The second kappa shape index (κ2) is 7.05. The maximum Gasteiger partial charge on any atom is 0.255 e. The summed E-state index contributed by atoms with van der Waals surface area (Å²) in [4.78, 5) is 29.8. The summed E-state index contributed by atoms with van der Waals surface area (Å²) in [5.74, 6) is 0.970. The molecule has 3 fully saturated rings. The fourth-order valence-electron chi connectivity index (χ4n) is 4.03. The normalized spacial score (nSPS) is 31.1. The van der Waals surface area contributed by atoms with Gasteiger partial charge in [-0.2, -0.15) is 4.36 Å². The van der Waals surface area contributed by atoms with Crippen molar-refractivity contribution in [1.29, 1.82) is 0 Å². The molecule has 8 heteroatoms. The predicted molar refractivity (Wildman–Crippen MR) is 102 cm³/mol. The lowest BCUT2D eigenvalue weighted by molar-refractivity contribution is -0.117. The summed E-state index contributed by atoms with van der Waals surface area (Å²) in [6.45, 7) is 3.30. The van der Waals surface area contributed by atoms with Crippen molar-refractivity contribution in [3.63, 3.8) is 0 Å². The average molecular weight is 394 g/mol. The van der Waals surface area contributed by atoms with Crippen LogP contribution in [0.2, 0.25) is 0 Å². The molecule has 2 amide bonds. The minimum atomic E-state index is -2.48. The van der Waals surface area contributed by atoms with Crippen LogP contribution in [-0.4, -0.2) is 62.7 Å². The fraction of sp³-hybridized carbons (Fsp3) is 0.684. The highest BCUT2D eigenvalue weighted by Gasteiger charge is 2.43. The van der Waals surface area contributed by atoms with E-state index in [2.05, 4.69) is 9.35 Å². The number of rotatable bonds is 3. The zero-order valence-electron chi connectivity index (χ0n) is 15.7. The number of amides is 2. The van der Waals surface area contributed by atoms with E-state index in [4.69, 9.17) is 4.74 Å². The third-order valence-electron chi connectivity index (χ3n) is 5.85. The van der Waals surface area contributed by atoms with E-state index in [-0.39, 0.29) is 18.2 Å². The number of ether oxygens (including phenoxy) is 1. The van der Waals surface area contributed by atoms with Crippen molar-refractivity contribution >= 4 is 21.5 Å². The van der Waals surface area contributed by atoms with Gasteiger partial charge in [0.25, 0.3) is 11.8 Å². The Labute approximate surface area is 160 Å². The van der Waals surface area contributed by atoms with Gasteiger partial charge in [0.2, 0.25) is 0 Å². The number of morpholine rings is 1. The Morgan fingerprint density at radius 1 is 1.37 bits per heavy atom. The van der Waals surface area contributed by atoms with Gasteiger partial charge in [-0.3, -0.25) is 9.59 Å². The van der Waals surface area contributed by atoms with E-state index in [1.807, 2.05) is 17.2 Å². The molecule has 1 saturated carbocycles. The maximum atomic E-state index is 13.1. The predicted octanol–water partition coefficient (Wildman–Crippen LogP) is 2.30. The van der Waals surface area contributed by atoms with Gasteiger partial charge in [0, 0.05) is 36.4 Å². The molecule has 0 bridgehead atoms. The third-order valence-corrected chi connectivity index (χ3v) is 8.08. The summed E-state index contributed by atoms with van der Waals surface area (Å²) in [6, 6.07) is 1.88. The van der Waals surface area contributed by atoms with Crippen LogP contribution in [0.4, 0.5) is 0 Å². The molecule has 3 aliphatic rings. The van der Waals surface area contributed by atoms with E-state index < -0.39 is 15.3 Å². The van der Waals surface area contributed by atoms with Gasteiger partial charge in [-0.25, -0.2) is 4.21 Å². The van der Waals surface area contributed by atoms with Crippen LogP contribution < -0.4 is 0 Å². The van der Waals surface area contributed by atoms with Crippen LogP contribution in [0.5, 0.6) is 0 Å². The van der Waals surface area contributed by atoms with E-state index in [0.717, 1.165) is 24.1 Å². The summed E-state index contributed by atoms with van der Waals surface area (Å²) in [6.07, 6.45) is 5.54. The first-order valence-corrected chi connectivity index (χ1v) is 11.6. The van der Waals surface area contributed by atoms with Gasteiger partial charge in [0.1, 0.15) is 0 Å². The smallest absolute Gasteiger partial charge is 0.255 e. The quantitative estimate of drug-likeness (QED) is 0.853. The lowest BCUT2D eigenvalue weighted by Gasteiger charge is -2.45. The van der Waals surface area contributed by atoms with Gasteiger partial charge in [0.15, 0.2) is 0 Å². The highest BCUT2D eigenvalue weighted by atomic mass is 32.2. The van der Waals surface area contributed by atoms with E-state index >= 15 is 0 Å². The number of nitrogens with one attached hydrogen (secondary N) is 1.